The van der Waals surface area contributed by atoms with E-state index in [2.05, 4.69) is 4.98 Å². The van der Waals surface area contributed by atoms with Gasteiger partial charge in [-0.2, -0.15) is 0 Å². The summed E-state index contributed by atoms with van der Waals surface area (Å²) in [7, 11) is -3.71. The SMILES string of the molecule is CC(C)C(=O)N(Cc1cnc(S(=O)(=O)Cc2ccccc2)n1Cc1ccccc1)CC1CCCO1. The molecule has 8 heteroatoms. The number of nitrogens with zero attached hydrogens (tertiary/aromatic N) is 3. The molecule has 1 aliphatic rings. The van der Waals surface area contributed by atoms with Crippen LogP contribution in [-0.4, -0.2) is 48.0 Å². The van der Waals surface area contributed by atoms with Crippen LogP contribution in [0.1, 0.15) is 43.5 Å². The zero-order valence-corrected chi connectivity index (χ0v) is 21.2. The number of hydrogen-bond acceptors (Lipinski definition) is 5. The van der Waals surface area contributed by atoms with Crippen LogP contribution in [0.5, 0.6) is 0 Å². The first-order chi connectivity index (χ1) is 16.8. The summed E-state index contributed by atoms with van der Waals surface area (Å²) in [5.41, 5.74) is 2.36. The van der Waals surface area contributed by atoms with Crippen molar-refractivity contribution < 1.29 is 17.9 Å². The summed E-state index contributed by atoms with van der Waals surface area (Å²) in [6.45, 7) is 5.58. The number of aromatic nitrogens is 2. The molecule has 0 spiro atoms. The van der Waals surface area contributed by atoms with Gasteiger partial charge in [0, 0.05) is 19.1 Å². The minimum absolute atomic E-state index is 0.00415. The molecule has 7 nitrogen and oxygen atoms in total. The Kier molecular flexibility index (Phi) is 8.03. The Labute approximate surface area is 207 Å². The maximum Gasteiger partial charge on any atom is 0.228 e. The molecule has 1 aliphatic heterocycles. The molecule has 1 unspecified atom stereocenters. The predicted octanol–water partition coefficient (Wildman–Crippen LogP) is 4.07. The van der Waals surface area contributed by atoms with E-state index in [1.165, 1.54) is 0 Å². The average molecular weight is 496 g/mol. The maximum absolute atomic E-state index is 13.4. The normalized spacial score (nSPS) is 16.0. The van der Waals surface area contributed by atoms with Gasteiger partial charge in [0.15, 0.2) is 0 Å². The molecule has 1 atom stereocenters. The second-order valence-electron chi connectivity index (χ2n) is 9.36. The minimum atomic E-state index is -3.71. The van der Waals surface area contributed by atoms with Crippen LogP contribution >= 0.6 is 0 Å². The van der Waals surface area contributed by atoms with Crippen molar-refractivity contribution in [2.75, 3.05) is 13.2 Å². The van der Waals surface area contributed by atoms with Crippen LogP contribution < -0.4 is 0 Å². The fraction of sp³-hybridized carbons (Fsp3) is 0.407. The van der Waals surface area contributed by atoms with Gasteiger partial charge < -0.3 is 14.2 Å². The molecule has 0 aliphatic carbocycles. The fourth-order valence-electron chi connectivity index (χ4n) is 4.39. The van der Waals surface area contributed by atoms with Gasteiger partial charge in [-0.25, -0.2) is 13.4 Å². The van der Waals surface area contributed by atoms with E-state index in [0.29, 0.717) is 31.0 Å². The molecular formula is C27H33N3O4S. The van der Waals surface area contributed by atoms with Crippen LogP contribution in [0.3, 0.4) is 0 Å². The number of amides is 1. The highest BCUT2D eigenvalue weighted by Gasteiger charge is 2.28. The van der Waals surface area contributed by atoms with Gasteiger partial charge >= 0.3 is 0 Å². The van der Waals surface area contributed by atoms with Crippen molar-refractivity contribution in [3.05, 3.63) is 83.7 Å². The lowest BCUT2D eigenvalue weighted by Crippen LogP contribution is -2.39. The zero-order valence-electron chi connectivity index (χ0n) is 20.3. The summed E-state index contributed by atoms with van der Waals surface area (Å²) in [4.78, 5) is 19.2. The van der Waals surface area contributed by atoms with Gasteiger partial charge in [0.1, 0.15) is 0 Å². The van der Waals surface area contributed by atoms with Crippen LogP contribution in [0.25, 0.3) is 0 Å². The molecule has 1 aromatic heterocycles. The molecule has 0 bridgehead atoms. The van der Waals surface area contributed by atoms with Gasteiger partial charge in [0.2, 0.25) is 20.9 Å². The zero-order chi connectivity index (χ0) is 24.8. The topological polar surface area (TPSA) is 81.5 Å². The molecule has 1 fully saturated rings. The first kappa shape index (κ1) is 25.1. The van der Waals surface area contributed by atoms with Gasteiger partial charge in [-0.15, -0.1) is 0 Å². The summed E-state index contributed by atoms with van der Waals surface area (Å²) in [6, 6.07) is 18.8. The third-order valence-electron chi connectivity index (χ3n) is 6.17. The largest absolute Gasteiger partial charge is 0.376 e. The number of hydrogen-bond donors (Lipinski definition) is 0. The van der Waals surface area contributed by atoms with E-state index in [-0.39, 0.29) is 35.4 Å². The molecule has 186 valence electrons. The average Bonchev–Trinajstić information content (AvgIpc) is 3.50. The molecule has 1 amide bonds. The van der Waals surface area contributed by atoms with E-state index in [1.54, 1.807) is 27.8 Å². The monoisotopic (exact) mass is 495 g/mol. The van der Waals surface area contributed by atoms with Crippen molar-refractivity contribution in [1.29, 1.82) is 0 Å². The summed E-state index contributed by atoms with van der Waals surface area (Å²) in [5.74, 6) is -0.297. The summed E-state index contributed by atoms with van der Waals surface area (Å²) < 4.78 is 34.4. The maximum atomic E-state index is 13.4. The quantitative estimate of drug-likeness (QED) is 0.424. The Morgan fingerprint density at radius 2 is 1.74 bits per heavy atom. The van der Waals surface area contributed by atoms with E-state index in [1.807, 2.05) is 62.4 Å². The first-order valence-corrected chi connectivity index (χ1v) is 13.7. The van der Waals surface area contributed by atoms with Crippen LogP contribution in [0, 0.1) is 5.92 Å². The molecular weight excluding hydrogens is 462 g/mol. The highest BCUT2D eigenvalue weighted by Crippen LogP contribution is 2.22. The number of sulfone groups is 1. The van der Waals surface area contributed by atoms with E-state index < -0.39 is 9.84 Å². The third-order valence-corrected chi connectivity index (χ3v) is 7.76. The molecule has 3 aromatic rings. The Bertz CT molecular complexity index is 1220. The molecule has 0 saturated carbocycles. The molecule has 4 rings (SSSR count). The molecule has 0 N–H and O–H groups in total. The Hall–Kier alpha value is -2.97. The van der Waals surface area contributed by atoms with E-state index in [9.17, 15) is 13.2 Å². The standard InChI is InChI=1S/C27H33N3O4S/c1-21(2)26(31)29(19-25-14-9-15-34-25)18-24-16-28-27(30(24)17-22-10-5-3-6-11-22)35(32,33)20-23-12-7-4-8-13-23/h3-8,10-13,16,21,25H,9,14-15,17-20H2,1-2H3. The van der Waals surface area contributed by atoms with Gasteiger partial charge in [0.05, 0.1) is 36.8 Å². The second-order valence-corrected chi connectivity index (χ2v) is 11.2. The lowest BCUT2D eigenvalue weighted by Gasteiger charge is -2.27. The third kappa shape index (κ3) is 6.38. The summed E-state index contributed by atoms with van der Waals surface area (Å²) in [5, 5.41) is 0.0225. The van der Waals surface area contributed by atoms with Gasteiger partial charge in [-0.3, -0.25) is 4.79 Å². The highest BCUT2D eigenvalue weighted by atomic mass is 32.2. The second kappa shape index (κ2) is 11.2. The van der Waals surface area contributed by atoms with E-state index in [4.69, 9.17) is 4.74 Å². The van der Waals surface area contributed by atoms with Gasteiger partial charge in [-0.1, -0.05) is 74.5 Å². The van der Waals surface area contributed by atoms with Gasteiger partial charge in [-0.05, 0) is 24.0 Å². The number of imidazole rings is 1. The smallest absolute Gasteiger partial charge is 0.228 e. The van der Waals surface area contributed by atoms with E-state index in [0.717, 1.165) is 18.4 Å². The van der Waals surface area contributed by atoms with Crippen LogP contribution in [0.15, 0.2) is 72.0 Å². The van der Waals surface area contributed by atoms with Crippen LogP contribution in [0.2, 0.25) is 0 Å². The van der Waals surface area contributed by atoms with Crippen molar-refractivity contribution in [1.82, 2.24) is 14.5 Å². The first-order valence-electron chi connectivity index (χ1n) is 12.1. The summed E-state index contributed by atoms with van der Waals surface area (Å²) in [6.07, 6.45) is 3.51. The van der Waals surface area contributed by atoms with Crippen molar-refractivity contribution in [2.45, 2.75) is 56.8 Å². The van der Waals surface area contributed by atoms with Crippen LogP contribution in [0.4, 0.5) is 0 Å². The molecule has 35 heavy (non-hydrogen) atoms. The fourth-order valence-corrected chi connectivity index (χ4v) is 5.88. The Morgan fingerprint density at radius 1 is 1.09 bits per heavy atom. The molecule has 1 saturated heterocycles. The van der Waals surface area contributed by atoms with E-state index >= 15 is 0 Å². The van der Waals surface area contributed by atoms with Crippen molar-refractivity contribution in [3.8, 4) is 0 Å². The number of rotatable bonds is 10. The van der Waals surface area contributed by atoms with Crippen molar-refractivity contribution >= 4 is 15.7 Å². The lowest BCUT2D eigenvalue weighted by molar-refractivity contribution is -0.136. The Morgan fingerprint density at radius 3 is 2.34 bits per heavy atom. The lowest BCUT2D eigenvalue weighted by atomic mass is 10.1. The number of benzene rings is 2. The molecule has 2 aromatic carbocycles. The predicted molar refractivity (Wildman–Crippen MR) is 134 cm³/mol. The number of carbonyl (C=O) groups excluding carboxylic acids is 1. The number of carbonyl (C=O) groups is 1. The minimum Gasteiger partial charge on any atom is -0.376 e. The Balaban J connectivity index is 1.68. The molecule has 0 radical (unpaired) electrons. The van der Waals surface area contributed by atoms with Gasteiger partial charge in [0.25, 0.3) is 0 Å². The summed E-state index contributed by atoms with van der Waals surface area (Å²) >= 11 is 0. The van der Waals surface area contributed by atoms with Crippen molar-refractivity contribution in [2.24, 2.45) is 5.92 Å². The molecule has 2 heterocycles. The number of ether oxygens (including phenoxy) is 1. The highest BCUT2D eigenvalue weighted by molar-refractivity contribution is 7.90. The van der Waals surface area contributed by atoms with Crippen molar-refractivity contribution in [3.63, 3.8) is 0 Å². The van der Waals surface area contributed by atoms with Crippen LogP contribution in [-0.2, 0) is 38.2 Å².